The molecule has 0 bridgehead atoms. The third-order valence-corrected chi connectivity index (χ3v) is 4.56. The van der Waals surface area contributed by atoms with Crippen LogP contribution in [0.4, 0.5) is 0 Å². The highest BCUT2D eigenvalue weighted by molar-refractivity contribution is 6.09. The molecule has 0 amide bonds. The van der Waals surface area contributed by atoms with Gasteiger partial charge in [-0.2, -0.15) is 0 Å². The van der Waals surface area contributed by atoms with E-state index in [1.165, 1.54) is 42.6 Å². The van der Waals surface area contributed by atoms with Crippen molar-refractivity contribution in [3.05, 3.63) is 70.3 Å². The highest BCUT2D eigenvalue weighted by Crippen LogP contribution is 2.17. The van der Waals surface area contributed by atoms with E-state index < -0.39 is 0 Å². The van der Waals surface area contributed by atoms with E-state index in [1.54, 1.807) is 0 Å². The Morgan fingerprint density at radius 3 is 2.41 bits per heavy atom. The fourth-order valence-electron chi connectivity index (χ4n) is 3.06. The lowest BCUT2D eigenvalue weighted by Gasteiger charge is -2.15. The molecule has 1 saturated heterocycles. The summed E-state index contributed by atoms with van der Waals surface area (Å²) in [5.41, 5.74) is 5.19. The van der Waals surface area contributed by atoms with Gasteiger partial charge in [-0.05, 0) is 68.6 Å². The monoisotopic (exact) mass is 293 g/mol. The summed E-state index contributed by atoms with van der Waals surface area (Å²) in [6.45, 7) is 7.43. The van der Waals surface area contributed by atoms with E-state index in [-0.39, 0.29) is 5.78 Å². The molecule has 1 heterocycles. The molecule has 2 aromatic carbocycles. The summed E-state index contributed by atoms with van der Waals surface area (Å²) >= 11 is 0. The van der Waals surface area contributed by atoms with E-state index in [2.05, 4.69) is 30.9 Å². The van der Waals surface area contributed by atoms with E-state index in [9.17, 15) is 4.79 Å². The lowest BCUT2D eigenvalue weighted by molar-refractivity contribution is 0.103. The Hall–Kier alpha value is -1.93. The van der Waals surface area contributed by atoms with Crippen molar-refractivity contribution < 1.29 is 4.79 Å². The van der Waals surface area contributed by atoms with Gasteiger partial charge in [-0.3, -0.25) is 9.69 Å². The van der Waals surface area contributed by atoms with Gasteiger partial charge in [-0.15, -0.1) is 0 Å². The van der Waals surface area contributed by atoms with Gasteiger partial charge in [0.25, 0.3) is 0 Å². The molecule has 1 aliphatic heterocycles. The Balaban J connectivity index is 1.81. The summed E-state index contributed by atoms with van der Waals surface area (Å²) in [5.74, 6) is 0.117. The molecule has 0 N–H and O–H groups in total. The van der Waals surface area contributed by atoms with Crippen molar-refractivity contribution >= 4 is 5.78 Å². The molecule has 22 heavy (non-hydrogen) atoms. The first-order valence-corrected chi connectivity index (χ1v) is 8.07. The lowest BCUT2D eigenvalue weighted by Crippen LogP contribution is -2.18. The van der Waals surface area contributed by atoms with Crippen molar-refractivity contribution in [1.82, 2.24) is 4.90 Å². The van der Waals surface area contributed by atoms with Crippen molar-refractivity contribution in [3.63, 3.8) is 0 Å². The zero-order valence-electron chi connectivity index (χ0n) is 13.4. The number of hydrogen-bond acceptors (Lipinski definition) is 2. The molecule has 0 radical (unpaired) electrons. The van der Waals surface area contributed by atoms with Gasteiger partial charge in [0.15, 0.2) is 5.78 Å². The van der Waals surface area contributed by atoms with Crippen molar-refractivity contribution in [2.24, 2.45) is 0 Å². The molecule has 0 spiro atoms. The molecule has 114 valence electrons. The van der Waals surface area contributed by atoms with Gasteiger partial charge in [-0.25, -0.2) is 0 Å². The second-order valence-corrected chi connectivity index (χ2v) is 6.31. The fourth-order valence-corrected chi connectivity index (χ4v) is 3.06. The standard InChI is InChI=1S/C20H23NO/c1-15-8-9-19(12-16(15)2)20(22)18-7-5-6-17(13-18)14-21-10-3-4-11-21/h5-9,12-13H,3-4,10-11,14H2,1-2H3. The average Bonchev–Trinajstić information content (AvgIpc) is 3.02. The molecular formula is C20H23NO. The van der Waals surface area contributed by atoms with E-state index >= 15 is 0 Å². The molecule has 2 aromatic rings. The molecule has 0 aromatic heterocycles. The number of ketones is 1. The first-order valence-electron chi connectivity index (χ1n) is 8.07. The maximum Gasteiger partial charge on any atom is 0.193 e. The molecule has 1 fully saturated rings. The zero-order valence-corrected chi connectivity index (χ0v) is 13.4. The summed E-state index contributed by atoms with van der Waals surface area (Å²) in [5, 5.41) is 0. The van der Waals surface area contributed by atoms with Crippen LogP contribution >= 0.6 is 0 Å². The molecule has 0 unspecified atom stereocenters. The number of aryl methyl sites for hydroxylation is 2. The van der Waals surface area contributed by atoms with Gasteiger partial charge in [0.1, 0.15) is 0 Å². The SMILES string of the molecule is Cc1ccc(C(=O)c2cccc(CN3CCCC3)c2)cc1C. The van der Waals surface area contributed by atoms with Crippen molar-refractivity contribution in [2.75, 3.05) is 13.1 Å². The normalized spacial score (nSPS) is 15.2. The number of hydrogen-bond donors (Lipinski definition) is 0. The molecule has 0 atom stereocenters. The lowest BCUT2D eigenvalue weighted by atomic mass is 9.98. The van der Waals surface area contributed by atoms with E-state index in [0.29, 0.717) is 0 Å². The minimum Gasteiger partial charge on any atom is -0.299 e. The number of carbonyl (C=O) groups excluding carboxylic acids is 1. The second kappa shape index (κ2) is 6.45. The van der Waals surface area contributed by atoms with Crippen LogP contribution < -0.4 is 0 Å². The Kier molecular flexibility index (Phi) is 4.39. The van der Waals surface area contributed by atoms with Gasteiger partial charge >= 0.3 is 0 Å². The minimum atomic E-state index is 0.117. The smallest absolute Gasteiger partial charge is 0.193 e. The van der Waals surface area contributed by atoms with Crippen LogP contribution in [-0.4, -0.2) is 23.8 Å². The largest absolute Gasteiger partial charge is 0.299 e. The van der Waals surface area contributed by atoms with Gasteiger partial charge in [0.2, 0.25) is 0 Å². The summed E-state index contributed by atoms with van der Waals surface area (Å²) in [7, 11) is 0. The number of likely N-dealkylation sites (tertiary alicyclic amines) is 1. The third-order valence-electron chi connectivity index (χ3n) is 4.56. The van der Waals surface area contributed by atoms with Crippen LogP contribution in [0.3, 0.4) is 0 Å². The number of rotatable bonds is 4. The molecule has 0 aliphatic carbocycles. The molecule has 1 aliphatic rings. The fraction of sp³-hybridized carbons (Fsp3) is 0.350. The van der Waals surface area contributed by atoms with Gasteiger partial charge in [-0.1, -0.05) is 30.3 Å². The van der Waals surface area contributed by atoms with E-state index in [0.717, 1.165) is 17.7 Å². The Morgan fingerprint density at radius 2 is 1.68 bits per heavy atom. The molecule has 2 nitrogen and oxygen atoms in total. The highest BCUT2D eigenvalue weighted by Gasteiger charge is 2.14. The van der Waals surface area contributed by atoms with E-state index in [1.807, 2.05) is 30.3 Å². The molecule has 3 rings (SSSR count). The quantitative estimate of drug-likeness (QED) is 0.790. The first kappa shape index (κ1) is 15.0. The summed E-state index contributed by atoms with van der Waals surface area (Å²) in [6, 6.07) is 14.0. The van der Waals surface area contributed by atoms with Crippen LogP contribution in [-0.2, 0) is 6.54 Å². The van der Waals surface area contributed by atoms with Crippen molar-refractivity contribution in [2.45, 2.75) is 33.2 Å². The first-order chi connectivity index (χ1) is 10.6. The Morgan fingerprint density at radius 1 is 0.955 bits per heavy atom. The molecule has 2 heteroatoms. The molecular weight excluding hydrogens is 270 g/mol. The Labute approximate surface area is 132 Å². The van der Waals surface area contributed by atoms with Crippen LogP contribution in [0.25, 0.3) is 0 Å². The summed E-state index contributed by atoms with van der Waals surface area (Å²) in [6.07, 6.45) is 2.59. The van der Waals surface area contributed by atoms with E-state index in [4.69, 9.17) is 0 Å². The van der Waals surface area contributed by atoms with Crippen LogP contribution in [0, 0.1) is 13.8 Å². The Bertz CT molecular complexity index is 684. The van der Waals surface area contributed by atoms with Crippen LogP contribution in [0.15, 0.2) is 42.5 Å². The molecule has 0 saturated carbocycles. The van der Waals surface area contributed by atoms with Gasteiger partial charge in [0.05, 0.1) is 0 Å². The minimum absolute atomic E-state index is 0.117. The van der Waals surface area contributed by atoms with Gasteiger partial charge < -0.3 is 0 Å². The second-order valence-electron chi connectivity index (χ2n) is 6.31. The van der Waals surface area contributed by atoms with Crippen LogP contribution in [0.5, 0.6) is 0 Å². The third kappa shape index (κ3) is 3.28. The number of nitrogens with zero attached hydrogens (tertiary/aromatic N) is 1. The maximum atomic E-state index is 12.7. The average molecular weight is 293 g/mol. The van der Waals surface area contributed by atoms with Crippen LogP contribution in [0.2, 0.25) is 0 Å². The summed E-state index contributed by atoms with van der Waals surface area (Å²) < 4.78 is 0. The summed E-state index contributed by atoms with van der Waals surface area (Å²) in [4.78, 5) is 15.1. The van der Waals surface area contributed by atoms with Gasteiger partial charge in [0, 0.05) is 17.7 Å². The predicted octanol–water partition coefficient (Wildman–Crippen LogP) is 4.13. The van der Waals surface area contributed by atoms with Crippen molar-refractivity contribution in [1.29, 1.82) is 0 Å². The zero-order chi connectivity index (χ0) is 15.5. The number of benzene rings is 2. The topological polar surface area (TPSA) is 20.3 Å². The highest BCUT2D eigenvalue weighted by atomic mass is 16.1. The number of carbonyl (C=O) groups is 1. The van der Waals surface area contributed by atoms with Crippen molar-refractivity contribution in [3.8, 4) is 0 Å². The van der Waals surface area contributed by atoms with Crippen LogP contribution in [0.1, 0.15) is 45.5 Å². The maximum absolute atomic E-state index is 12.7. The predicted molar refractivity (Wildman–Crippen MR) is 90.3 cm³/mol.